The Bertz CT molecular complexity index is 770. The Labute approximate surface area is 139 Å². The summed E-state index contributed by atoms with van der Waals surface area (Å²) in [7, 11) is -0.604. The van der Waals surface area contributed by atoms with Gasteiger partial charge in [0.15, 0.2) is 11.5 Å². The molecule has 0 bridgehead atoms. The fraction of sp³-hybridized carbons (Fsp3) is 0.333. The maximum Gasteiger partial charge on any atom is 0.250 e. The molecular formula is C15H19NO5S2. The molecule has 0 radical (unpaired) electrons. The van der Waals surface area contributed by atoms with E-state index < -0.39 is 16.1 Å². The van der Waals surface area contributed by atoms with Gasteiger partial charge in [0.2, 0.25) is 10.0 Å². The Morgan fingerprint density at radius 3 is 2.43 bits per heavy atom. The van der Waals surface area contributed by atoms with Gasteiger partial charge in [0.25, 0.3) is 0 Å². The first kappa shape index (κ1) is 17.7. The summed E-state index contributed by atoms with van der Waals surface area (Å²) in [6.45, 7) is 1.71. The topological polar surface area (TPSA) is 84.9 Å². The van der Waals surface area contributed by atoms with Crippen LogP contribution in [0.4, 0.5) is 0 Å². The van der Waals surface area contributed by atoms with Crippen molar-refractivity contribution >= 4 is 21.4 Å². The summed E-state index contributed by atoms with van der Waals surface area (Å²) in [6, 6.07) is 8.23. The molecule has 1 atom stereocenters. The number of rotatable bonds is 7. The number of aliphatic hydroxyl groups excluding tert-OH is 1. The summed E-state index contributed by atoms with van der Waals surface area (Å²) < 4.78 is 37.2. The van der Waals surface area contributed by atoms with Gasteiger partial charge in [0.1, 0.15) is 4.21 Å². The first-order valence-electron chi connectivity index (χ1n) is 6.83. The summed E-state index contributed by atoms with van der Waals surface area (Å²) in [5.74, 6) is 1.01. The lowest BCUT2D eigenvalue weighted by Crippen LogP contribution is -2.28. The van der Waals surface area contributed by atoms with Crippen LogP contribution in [0.1, 0.15) is 16.5 Å². The van der Waals surface area contributed by atoms with E-state index in [1.165, 1.54) is 25.6 Å². The number of benzene rings is 1. The molecule has 2 rings (SSSR count). The van der Waals surface area contributed by atoms with Crippen molar-refractivity contribution in [2.75, 3.05) is 20.8 Å². The van der Waals surface area contributed by atoms with Gasteiger partial charge in [-0.3, -0.25) is 0 Å². The van der Waals surface area contributed by atoms with Gasteiger partial charge >= 0.3 is 0 Å². The Kier molecular flexibility index (Phi) is 5.64. The van der Waals surface area contributed by atoms with Crippen LogP contribution in [0.3, 0.4) is 0 Å². The molecule has 1 aromatic carbocycles. The fourth-order valence-corrected chi connectivity index (χ4v) is 4.36. The van der Waals surface area contributed by atoms with E-state index in [1.54, 1.807) is 30.3 Å². The SMILES string of the molecule is COc1ccc(C(O)CNS(=O)(=O)c2ccc(C)s2)cc1OC. The molecule has 0 aliphatic carbocycles. The molecule has 8 heteroatoms. The summed E-state index contributed by atoms with van der Waals surface area (Å²) in [6.07, 6.45) is -0.995. The Balaban J connectivity index is 2.09. The molecular weight excluding hydrogens is 338 g/mol. The molecule has 1 unspecified atom stereocenters. The number of sulfonamides is 1. The van der Waals surface area contributed by atoms with Crippen molar-refractivity contribution in [1.82, 2.24) is 4.72 Å². The van der Waals surface area contributed by atoms with Crippen molar-refractivity contribution in [1.29, 1.82) is 0 Å². The second-order valence-electron chi connectivity index (χ2n) is 4.85. The Hall–Kier alpha value is -1.61. The fourth-order valence-electron chi connectivity index (χ4n) is 1.99. The van der Waals surface area contributed by atoms with Gasteiger partial charge in [-0.2, -0.15) is 0 Å². The predicted molar refractivity (Wildman–Crippen MR) is 88.8 cm³/mol. The van der Waals surface area contributed by atoms with Crippen molar-refractivity contribution < 1.29 is 23.0 Å². The number of nitrogens with one attached hydrogen (secondary N) is 1. The zero-order valence-electron chi connectivity index (χ0n) is 13.1. The third kappa shape index (κ3) is 4.23. The largest absolute Gasteiger partial charge is 0.493 e. The van der Waals surface area contributed by atoms with Crippen LogP contribution >= 0.6 is 11.3 Å². The van der Waals surface area contributed by atoms with Crippen molar-refractivity contribution in [3.8, 4) is 11.5 Å². The number of aliphatic hydroxyl groups is 1. The monoisotopic (exact) mass is 357 g/mol. The van der Waals surface area contributed by atoms with Crippen LogP contribution < -0.4 is 14.2 Å². The van der Waals surface area contributed by atoms with E-state index in [9.17, 15) is 13.5 Å². The minimum Gasteiger partial charge on any atom is -0.493 e. The van der Waals surface area contributed by atoms with Crippen molar-refractivity contribution in [2.24, 2.45) is 0 Å². The predicted octanol–water partition coefficient (Wildman–Crippen LogP) is 2.09. The number of thiophene rings is 1. The van der Waals surface area contributed by atoms with Gasteiger partial charge in [-0.1, -0.05) is 6.07 Å². The summed E-state index contributed by atoms with van der Waals surface area (Å²) in [4.78, 5) is 0.908. The average molecular weight is 357 g/mol. The third-order valence-electron chi connectivity index (χ3n) is 3.24. The Morgan fingerprint density at radius 1 is 1.17 bits per heavy atom. The lowest BCUT2D eigenvalue weighted by molar-refractivity contribution is 0.181. The van der Waals surface area contributed by atoms with Crippen LogP contribution in [0.5, 0.6) is 11.5 Å². The third-order valence-corrected chi connectivity index (χ3v) is 6.16. The van der Waals surface area contributed by atoms with E-state index in [2.05, 4.69) is 4.72 Å². The highest BCUT2D eigenvalue weighted by atomic mass is 32.2. The Morgan fingerprint density at radius 2 is 1.87 bits per heavy atom. The van der Waals surface area contributed by atoms with Gasteiger partial charge in [-0.25, -0.2) is 13.1 Å². The highest BCUT2D eigenvalue weighted by Gasteiger charge is 2.19. The average Bonchev–Trinajstić information content (AvgIpc) is 2.99. The van der Waals surface area contributed by atoms with E-state index in [1.807, 2.05) is 6.92 Å². The molecule has 6 nitrogen and oxygen atoms in total. The van der Waals surface area contributed by atoms with Crippen LogP contribution in [0.15, 0.2) is 34.5 Å². The van der Waals surface area contributed by atoms with Crippen LogP contribution in [0.25, 0.3) is 0 Å². The molecule has 0 aliphatic rings. The standard InChI is InChI=1S/C15H19NO5S2/c1-10-4-7-15(22-10)23(18,19)16-9-12(17)11-5-6-13(20-2)14(8-11)21-3/h4-8,12,16-17H,9H2,1-3H3. The van der Waals surface area contributed by atoms with Crippen molar-refractivity contribution in [2.45, 2.75) is 17.2 Å². The molecule has 0 fully saturated rings. The van der Waals surface area contributed by atoms with E-state index in [0.717, 1.165) is 4.88 Å². The van der Waals surface area contributed by atoms with Crippen LogP contribution in [-0.2, 0) is 10.0 Å². The number of ether oxygens (including phenoxy) is 2. The van der Waals surface area contributed by atoms with Gasteiger partial charge in [0.05, 0.1) is 20.3 Å². The van der Waals surface area contributed by atoms with Gasteiger partial charge < -0.3 is 14.6 Å². The normalized spacial score (nSPS) is 12.9. The van der Waals surface area contributed by atoms with E-state index >= 15 is 0 Å². The molecule has 1 aromatic heterocycles. The van der Waals surface area contributed by atoms with Gasteiger partial charge in [-0.05, 0) is 36.8 Å². The quantitative estimate of drug-likeness (QED) is 0.792. The molecule has 0 aliphatic heterocycles. The lowest BCUT2D eigenvalue weighted by atomic mass is 10.1. The van der Waals surface area contributed by atoms with Gasteiger partial charge in [-0.15, -0.1) is 11.3 Å². The maximum absolute atomic E-state index is 12.1. The molecule has 0 spiro atoms. The molecule has 23 heavy (non-hydrogen) atoms. The summed E-state index contributed by atoms with van der Waals surface area (Å²) >= 11 is 1.18. The summed E-state index contributed by atoms with van der Waals surface area (Å²) in [5.41, 5.74) is 0.535. The van der Waals surface area contributed by atoms with Crippen LogP contribution in [0, 0.1) is 6.92 Å². The number of hydrogen-bond donors (Lipinski definition) is 2. The van der Waals surface area contributed by atoms with E-state index in [4.69, 9.17) is 9.47 Å². The van der Waals surface area contributed by atoms with E-state index in [0.29, 0.717) is 17.1 Å². The molecule has 126 valence electrons. The molecule has 1 heterocycles. The lowest BCUT2D eigenvalue weighted by Gasteiger charge is -2.14. The smallest absolute Gasteiger partial charge is 0.250 e. The van der Waals surface area contributed by atoms with Crippen molar-refractivity contribution in [3.63, 3.8) is 0 Å². The molecule has 2 N–H and O–H groups in total. The van der Waals surface area contributed by atoms with Crippen molar-refractivity contribution in [3.05, 3.63) is 40.8 Å². The maximum atomic E-state index is 12.1. The number of methoxy groups -OCH3 is 2. The zero-order valence-corrected chi connectivity index (χ0v) is 14.7. The highest BCUT2D eigenvalue weighted by molar-refractivity contribution is 7.91. The molecule has 0 saturated carbocycles. The number of aryl methyl sites for hydroxylation is 1. The van der Waals surface area contributed by atoms with Crippen LogP contribution in [0.2, 0.25) is 0 Å². The van der Waals surface area contributed by atoms with E-state index in [-0.39, 0.29) is 10.8 Å². The molecule has 0 saturated heterocycles. The highest BCUT2D eigenvalue weighted by Crippen LogP contribution is 2.30. The van der Waals surface area contributed by atoms with Crippen LogP contribution in [-0.4, -0.2) is 34.3 Å². The number of hydrogen-bond acceptors (Lipinski definition) is 6. The molecule has 2 aromatic rings. The second-order valence-corrected chi connectivity index (χ2v) is 8.13. The first-order chi connectivity index (χ1) is 10.9. The minimum absolute atomic E-state index is 0.130. The summed E-state index contributed by atoms with van der Waals surface area (Å²) in [5, 5.41) is 10.2. The minimum atomic E-state index is -3.62. The molecule has 0 amide bonds. The van der Waals surface area contributed by atoms with Gasteiger partial charge in [0, 0.05) is 11.4 Å². The zero-order chi connectivity index (χ0) is 17.0. The first-order valence-corrected chi connectivity index (χ1v) is 9.13. The second kappa shape index (κ2) is 7.31.